The summed E-state index contributed by atoms with van der Waals surface area (Å²) in [4.78, 5) is 27.8. The highest BCUT2D eigenvalue weighted by Gasteiger charge is 2.23. The molecule has 3 amide bonds. The van der Waals surface area contributed by atoms with Crippen LogP contribution in [0.4, 0.5) is 16.3 Å². The normalized spacial score (nSPS) is 11.3. The van der Waals surface area contributed by atoms with Crippen molar-refractivity contribution in [2.24, 2.45) is 0 Å². The van der Waals surface area contributed by atoms with E-state index in [0.29, 0.717) is 12.4 Å². The van der Waals surface area contributed by atoms with Gasteiger partial charge in [-0.1, -0.05) is 52.3 Å². The Bertz CT molecular complexity index is 1220. The largest absolute Gasteiger partial charge is 0.322 e. The molecule has 0 saturated carbocycles. The van der Waals surface area contributed by atoms with E-state index in [9.17, 15) is 9.59 Å². The second-order valence-corrected chi connectivity index (χ2v) is 10.5. The Hall–Kier alpha value is -3.61. The van der Waals surface area contributed by atoms with Crippen LogP contribution in [0.5, 0.6) is 0 Å². The maximum Gasteiger partial charge on any atom is 0.322 e. The molecular formula is C29H39N5O2. The molecule has 0 aliphatic carbocycles. The van der Waals surface area contributed by atoms with Gasteiger partial charge in [0.2, 0.25) is 5.91 Å². The van der Waals surface area contributed by atoms with Crippen molar-refractivity contribution < 1.29 is 9.59 Å². The van der Waals surface area contributed by atoms with Crippen molar-refractivity contribution in [2.75, 3.05) is 23.7 Å². The standard InChI is InChI=1S/C29H39N5O2/c1-8-9-15-33(28(36)30-23-14-13-21(3)22(4)17-23)19-27(35)31-26-18-25(29(5,6)7)32-34(26)24-12-10-11-20(2)16-24/h10-14,16-18H,8-9,15,19H2,1-7H3,(H,30,36)(H,31,35). The van der Waals surface area contributed by atoms with Gasteiger partial charge in [0.1, 0.15) is 12.4 Å². The van der Waals surface area contributed by atoms with Gasteiger partial charge in [-0.15, -0.1) is 0 Å². The van der Waals surface area contributed by atoms with E-state index < -0.39 is 0 Å². The number of unbranched alkanes of at least 4 members (excludes halogenated alkanes) is 1. The topological polar surface area (TPSA) is 79.3 Å². The summed E-state index contributed by atoms with van der Waals surface area (Å²) in [5.74, 6) is 0.316. The molecule has 2 N–H and O–H groups in total. The number of benzene rings is 2. The molecule has 0 fully saturated rings. The number of hydrogen-bond donors (Lipinski definition) is 2. The fraction of sp³-hybridized carbons (Fsp3) is 0.414. The monoisotopic (exact) mass is 489 g/mol. The first-order chi connectivity index (χ1) is 17.0. The van der Waals surface area contributed by atoms with Gasteiger partial charge in [0.25, 0.3) is 0 Å². The third-order valence-corrected chi connectivity index (χ3v) is 6.15. The summed E-state index contributed by atoms with van der Waals surface area (Å²) in [7, 11) is 0. The number of carbonyl (C=O) groups is 2. The minimum Gasteiger partial charge on any atom is -0.315 e. The Kier molecular flexibility index (Phi) is 8.56. The summed E-state index contributed by atoms with van der Waals surface area (Å²) in [6.45, 7) is 14.8. The molecule has 3 aromatic rings. The van der Waals surface area contributed by atoms with E-state index in [1.807, 2.05) is 69.3 Å². The van der Waals surface area contributed by atoms with Gasteiger partial charge in [0.15, 0.2) is 0 Å². The Morgan fingerprint density at radius 1 is 0.972 bits per heavy atom. The zero-order chi connectivity index (χ0) is 26.5. The molecule has 7 heteroatoms. The highest BCUT2D eigenvalue weighted by atomic mass is 16.2. The van der Waals surface area contributed by atoms with Gasteiger partial charge >= 0.3 is 6.03 Å². The number of amides is 3. The van der Waals surface area contributed by atoms with Crippen molar-refractivity contribution in [1.82, 2.24) is 14.7 Å². The van der Waals surface area contributed by atoms with Crippen LogP contribution in [0.2, 0.25) is 0 Å². The molecule has 0 atom stereocenters. The van der Waals surface area contributed by atoms with E-state index in [-0.39, 0.29) is 23.9 Å². The molecule has 0 radical (unpaired) electrons. The third kappa shape index (κ3) is 6.97. The lowest BCUT2D eigenvalue weighted by atomic mass is 9.92. The SMILES string of the molecule is CCCCN(CC(=O)Nc1cc(C(C)(C)C)nn1-c1cccc(C)c1)C(=O)Nc1ccc(C)c(C)c1. The molecule has 0 aliphatic heterocycles. The van der Waals surface area contributed by atoms with Crippen molar-refractivity contribution in [3.8, 4) is 5.69 Å². The predicted molar refractivity (Wildman–Crippen MR) is 147 cm³/mol. The zero-order valence-electron chi connectivity index (χ0n) is 22.6. The fourth-order valence-corrected chi connectivity index (χ4v) is 3.77. The molecule has 0 unspecified atom stereocenters. The van der Waals surface area contributed by atoms with Gasteiger partial charge in [-0.05, 0) is 68.1 Å². The van der Waals surface area contributed by atoms with E-state index in [1.165, 1.54) is 0 Å². The number of nitrogens with one attached hydrogen (secondary N) is 2. The van der Waals surface area contributed by atoms with Gasteiger partial charge < -0.3 is 15.5 Å². The fourth-order valence-electron chi connectivity index (χ4n) is 3.77. The molecule has 0 spiro atoms. The number of anilines is 2. The average Bonchev–Trinajstić information content (AvgIpc) is 3.23. The third-order valence-electron chi connectivity index (χ3n) is 6.15. The Morgan fingerprint density at radius 2 is 1.72 bits per heavy atom. The average molecular weight is 490 g/mol. The van der Waals surface area contributed by atoms with Gasteiger partial charge in [0, 0.05) is 23.7 Å². The van der Waals surface area contributed by atoms with Gasteiger partial charge in [-0.25, -0.2) is 9.48 Å². The minimum absolute atomic E-state index is 0.0550. The van der Waals surface area contributed by atoms with E-state index in [4.69, 9.17) is 5.10 Å². The van der Waals surface area contributed by atoms with Crippen LogP contribution in [0.3, 0.4) is 0 Å². The maximum atomic E-state index is 13.2. The molecule has 36 heavy (non-hydrogen) atoms. The number of carbonyl (C=O) groups excluding carboxylic acids is 2. The molecule has 0 saturated heterocycles. The van der Waals surface area contributed by atoms with Crippen LogP contribution in [0.1, 0.15) is 62.9 Å². The molecule has 3 rings (SSSR count). The Balaban J connectivity index is 1.81. The molecule has 1 heterocycles. The minimum atomic E-state index is -0.288. The quantitative estimate of drug-likeness (QED) is 0.386. The van der Waals surface area contributed by atoms with Crippen LogP contribution in [0, 0.1) is 20.8 Å². The first kappa shape index (κ1) is 27.0. The van der Waals surface area contributed by atoms with Crippen LogP contribution >= 0.6 is 0 Å². The van der Waals surface area contributed by atoms with Crippen molar-refractivity contribution in [3.05, 3.63) is 70.9 Å². The first-order valence-corrected chi connectivity index (χ1v) is 12.6. The highest BCUT2D eigenvalue weighted by Crippen LogP contribution is 2.26. The predicted octanol–water partition coefficient (Wildman–Crippen LogP) is 6.37. The maximum absolute atomic E-state index is 13.2. The van der Waals surface area contributed by atoms with E-state index in [0.717, 1.165) is 46.6 Å². The number of hydrogen-bond acceptors (Lipinski definition) is 3. The smallest absolute Gasteiger partial charge is 0.315 e. The Morgan fingerprint density at radius 3 is 2.36 bits per heavy atom. The van der Waals surface area contributed by atoms with E-state index in [1.54, 1.807) is 9.58 Å². The lowest BCUT2D eigenvalue weighted by molar-refractivity contribution is -0.116. The molecule has 1 aromatic heterocycles. The Labute approximate surface area is 214 Å². The van der Waals surface area contributed by atoms with Gasteiger partial charge in [-0.2, -0.15) is 5.10 Å². The van der Waals surface area contributed by atoms with E-state index >= 15 is 0 Å². The van der Waals surface area contributed by atoms with Crippen molar-refractivity contribution in [1.29, 1.82) is 0 Å². The van der Waals surface area contributed by atoms with Crippen LogP contribution in [-0.4, -0.2) is 39.7 Å². The van der Waals surface area contributed by atoms with Crippen molar-refractivity contribution in [2.45, 2.75) is 66.7 Å². The van der Waals surface area contributed by atoms with Crippen LogP contribution in [0.15, 0.2) is 48.5 Å². The number of rotatable bonds is 8. The summed E-state index contributed by atoms with van der Waals surface area (Å²) < 4.78 is 1.76. The molecule has 7 nitrogen and oxygen atoms in total. The molecule has 2 aromatic carbocycles. The second-order valence-electron chi connectivity index (χ2n) is 10.5. The van der Waals surface area contributed by atoms with Crippen LogP contribution in [0.25, 0.3) is 5.69 Å². The van der Waals surface area contributed by atoms with Crippen LogP contribution < -0.4 is 10.6 Å². The number of nitrogens with zero attached hydrogens (tertiary/aromatic N) is 3. The van der Waals surface area contributed by atoms with Crippen LogP contribution in [-0.2, 0) is 10.2 Å². The molecule has 0 bridgehead atoms. The lowest BCUT2D eigenvalue weighted by Gasteiger charge is -2.23. The zero-order valence-corrected chi connectivity index (χ0v) is 22.6. The summed E-state index contributed by atoms with van der Waals surface area (Å²) in [5, 5.41) is 10.7. The van der Waals surface area contributed by atoms with E-state index in [2.05, 4.69) is 38.3 Å². The summed E-state index contributed by atoms with van der Waals surface area (Å²) in [5.41, 5.74) is 5.64. The van der Waals surface area contributed by atoms with Gasteiger partial charge in [0.05, 0.1) is 11.4 Å². The summed E-state index contributed by atoms with van der Waals surface area (Å²) in [6.07, 6.45) is 1.73. The number of aryl methyl sites for hydroxylation is 3. The summed E-state index contributed by atoms with van der Waals surface area (Å²) in [6, 6.07) is 15.4. The lowest BCUT2D eigenvalue weighted by Crippen LogP contribution is -2.41. The second kappa shape index (κ2) is 11.4. The summed E-state index contributed by atoms with van der Waals surface area (Å²) >= 11 is 0. The molecule has 0 aliphatic rings. The van der Waals surface area contributed by atoms with Crippen molar-refractivity contribution in [3.63, 3.8) is 0 Å². The number of aromatic nitrogens is 2. The first-order valence-electron chi connectivity index (χ1n) is 12.6. The molecule has 192 valence electrons. The van der Waals surface area contributed by atoms with Crippen molar-refractivity contribution >= 4 is 23.4 Å². The van der Waals surface area contributed by atoms with Gasteiger partial charge in [-0.3, -0.25) is 4.79 Å². The number of urea groups is 1. The molecular weight excluding hydrogens is 450 g/mol. The highest BCUT2D eigenvalue weighted by molar-refractivity contribution is 5.96.